The summed E-state index contributed by atoms with van der Waals surface area (Å²) in [4.78, 5) is 23.7. The monoisotopic (exact) mass is 292 g/mol. The van der Waals surface area contributed by atoms with Crippen LogP contribution in [0.3, 0.4) is 0 Å². The molecule has 0 saturated heterocycles. The van der Waals surface area contributed by atoms with Crippen LogP contribution < -0.4 is 11.1 Å². The van der Waals surface area contributed by atoms with Crippen LogP contribution in [-0.4, -0.2) is 25.0 Å². The lowest BCUT2D eigenvalue weighted by Crippen LogP contribution is -2.45. The van der Waals surface area contributed by atoms with Crippen LogP contribution in [0.1, 0.15) is 38.7 Å². The first-order chi connectivity index (χ1) is 9.85. The molecular formula is C16H24N2O3. The highest BCUT2D eigenvalue weighted by molar-refractivity contribution is 5.85. The predicted molar refractivity (Wildman–Crippen MR) is 82.7 cm³/mol. The normalized spacial score (nSPS) is 13.6. The Balaban J connectivity index is 2.63. The predicted octanol–water partition coefficient (Wildman–Crippen LogP) is 2.08. The maximum atomic E-state index is 12.1. The van der Waals surface area contributed by atoms with E-state index in [0.717, 1.165) is 5.56 Å². The molecule has 116 valence electrons. The fourth-order valence-electron chi connectivity index (χ4n) is 2.08. The molecule has 5 nitrogen and oxygen atoms in total. The van der Waals surface area contributed by atoms with Crippen molar-refractivity contribution < 1.29 is 14.3 Å². The van der Waals surface area contributed by atoms with E-state index in [-0.39, 0.29) is 17.7 Å². The van der Waals surface area contributed by atoms with Crippen LogP contribution in [0.5, 0.6) is 0 Å². The van der Waals surface area contributed by atoms with Gasteiger partial charge in [-0.15, -0.1) is 0 Å². The van der Waals surface area contributed by atoms with E-state index >= 15 is 0 Å². The zero-order valence-electron chi connectivity index (χ0n) is 13.1. The minimum atomic E-state index is -0.610. The van der Waals surface area contributed by atoms with Gasteiger partial charge in [0.25, 0.3) is 0 Å². The molecule has 0 aliphatic carbocycles. The van der Waals surface area contributed by atoms with Crippen LogP contribution in [0.25, 0.3) is 0 Å². The van der Waals surface area contributed by atoms with Gasteiger partial charge in [-0.25, -0.2) is 4.79 Å². The second-order valence-corrected chi connectivity index (χ2v) is 5.58. The van der Waals surface area contributed by atoms with Crippen LogP contribution in [-0.2, 0) is 14.3 Å². The van der Waals surface area contributed by atoms with Gasteiger partial charge in [0.05, 0.1) is 7.11 Å². The van der Waals surface area contributed by atoms with Gasteiger partial charge in [-0.3, -0.25) is 4.79 Å². The van der Waals surface area contributed by atoms with Crippen molar-refractivity contribution in [3.63, 3.8) is 0 Å². The molecule has 0 radical (unpaired) electrons. The Morgan fingerprint density at radius 1 is 1.19 bits per heavy atom. The van der Waals surface area contributed by atoms with Crippen molar-refractivity contribution in [3.05, 3.63) is 29.8 Å². The Labute approximate surface area is 125 Å². The van der Waals surface area contributed by atoms with Crippen LogP contribution in [0, 0.1) is 5.92 Å². The second-order valence-electron chi connectivity index (χ2n) is 5.58. The van der Waals surface area contributed by atoms with E-state index in [2.05, 4.69) is 5.32 Å². The Morgan fingerprint density at radius 3 is 2.24 bits per heavy atom. The van der Waals surface area contributed by atoms with Gasteiger partial charge in [-0.05, 0) is 29.5 Å². The number of carbonyl (C=O) groups excluding carboxylic acids is 2. The minimum absolute atomic E-state index is 0.0202. The largest absolute Gasteiger partial charge is 0.467 e. The van der Waals surface area contributed by atoms with E-state index in [9.17, 15) is 9.59 Å². The lowest BCUT2D eigenvalue weighted by Gasteiger charge is -2.21. The molecule has 21 heavy (non-hydrogen) atoms. The maximum absolute atomic E-state index is 12.1. The maximum Gasteiger partial charge on any atom is 0.328 e. The molecule has 1 amide bonds. The molecule has 1 aromatic rings. The van der Waals surface area contributed by atoms with E-state index in [1.165, 1.54) is 7.11 Å². The number of hydrogen-bond donors (Lipinski definition) is 2. The van der Waals surface area contributed by atoms with Gasteiger partial charge < -0.3 is 15.8 Å². The topological polar surface area (TPSA) is 81.4 Å². The summed E-state index contributed by atoms with van der Waals surface area (Å²) in [5.41, 5.74) is 7.38. The molecule has 3 N–H and O–H groups in total. The quantitative estimate of drug-likeness (QED) is 0.621. The molecule has 0 heterocycles. The number of rotatable bonds is 6. The molecule has 0 aliphatic heterocycles. The molecule has 1 unspecified atom stereocenters. The molecule has 0 aliphatic rings. The fraction of sp³-hybridized carbons (Fsp3) is 0.500. The number of anilines is 1. The molecule has 0 saturated carbocycles. The first-order valence-corrected chi connectivity index (χ1v) is 7.07. The fourth-order valence-corrected chi connectivity index (χ4v) is 2.08. The van der Waals surface area contributed by atoms with Crippen molar-refractivity contribution in [2.24, 2.45) is 5.92 Å². The highest BCUT2D eigenvalue weighted by Crippen LogP contribution is 2.20. The van der Waals surface area contributed by atoms with Crippen molar-refractivity contribution in [3.8, 4) is 0 Å². The highest BCUT2D eigenvalue weighted by Gasteiger charge is 2.25. The lowest BCUT2D eigenvalue weighted by molar-refractivity contribution is -0.146. The van der Waals surface area contributed by atoms with E-state index in [0.29, 0.717) is 12.1 Å². The third-order valence-electron chi connectivity index (χ3n) is 3.44. The number of nitrogens with one attached hydrogen (secondary N) is 1. The second kappa shape index (κ2) is 7.67. The minimum Gasteiger partial charge on any atom is -0.467 e. The van der Waals surface area contributed by atoms with Crippen molar-refractivity contribution in [2.45, 2.75) is 39.2 Å². The van der Waals surface area contributed by atoms with E-state index < -0.39 is 12.0 Å². The highest BCUT2D eigenvalue weighted by atomic mass is 16.5. The van der Waals surface area contributed by atoms with Crippen LogP contribution in [0.15, 0.2) is 24.3 Å². The molecule has 0 aromatic heterocycles. The molecular weight excluding hydrogens is 268 g/mol. The number of amides is 1. The van der Waals surface area contributed by atoms with Gasteiger partial charge in [-0.2, -0.15) is 0 Å². The summed E-state index contributed by atoms with van der Waals surface area (Å²) < 4.78 is 4.71. The summed E-state index contributed by atoms with van der Waals surface area (Å²) in [6.07, 6.45) is 0.310. The Morgan fingerprint density at radius 2 is 1.76 bits per heavy atom. The summed E-state index contributed by atoms with van der Waals surface area (Å²) in [5.74, 6) is -0.550. The molecule has 1 rings (SSSR count). The SMILES string of the molecule is COC(=O)[C@@H](NC(=O)CC(C)c1ccc(N)cc1)C(C)C. The zero-order valence-corrected chi connectivity index (χ0v) is 13.1. The van der Waals surface area contributed by atoms with Crippen LogP contribution in [0.4, 0.5) is 5.69 Å². The molecule has 0 bridgehead atoms. The van der Waals surface area contributed by atoms with Gasteiger partial charge in [0, 0.05) is 12.1 Å². The van der Waals surface area contributed by atoms with Gasteiger partial charge in [0.1, 0.15) is 6.04 Å². The molecule has 2 atom stereocenters. The third kappa shape index (κ3) is 5.10. The lowest BCUT2D eigenvalue weighted by atomic mass is 9.96. The number of benzene rings is 1. The standard InChI is InChI=1S/C16H24N2O3/c1-10(2)15(16(20)21-4)18-14(19)9-11(3)12-5-7-13(17)8-6-12/h5-8,10-11,15H,9,17H2,1-4H3,(H,18,19)/t11?,15-/m0/s1. The number of nitrogen functional groups attached to an aromatic ring is 1. The Bertz CT molecular complexity index is 483. The number of methoxy groups -OCH3 is 1. The third-order valence-corrected chi connectivity index (χ3v) is 3.44. The average molecular weight is 292 g/mol. The van der Waals surface area contributed by atoms with Gasteiger partial charge in [0.15, 0.2) is 0 Å². The van der Waals surface area contributed by atoms with Crippen molar-refractivity contribution in [2.75, 3.05) is 12.8 Å². The molecule has 5 heteroatoms. The smallest absolute Gasteiger partial charge is 0.328 e. The summed E-state index contributed by atoms with van der Waals surface area (Å²) in [6.45, 7) is 5.70. The molecule has 0 fully saturated rings. The summed E-state index contributed by atoms with van der Waals surface area (Å²) in [7, 11) is 1.32. The van der Waals surface area contributed by atoms with Crippen molar-refractivity contribution in [1.29, 1.82) is 0 Å². The summed E-state index contributed by atoms with van der Waals surface area (Å²) in [5, 5.41) is 2.74. The van der Waals surface area contributed by atoms with Gasteiger partial charge >= 0.3 is 5.97 Å². The first-order valence-electron chi connectivity index (χ1n) is 7.07. The van der Waals surface area contributed by atoms with E-state index in [1.54, 1.807) is 0 Å². The van der Waals surface area contributed by atoms with Crippen molar-refractivity contribution in [1.82, 2.24) is 5.32 Å². The summed E-state index contributed by atoms with van der Waals surface area (Å²) in [6, 6.07) is 6.84. The molecule has 0 spiro atoms. The number of carbonyl (C=O) groups is 2. The number of ether oxygens (including phenoxy) is 1. The Hall–Kier alpha value is -2.04. The number of hydrogen-bond acceptors (Lipinski definition) is 4. The van der Waals surface area contributed by atoms with Crippen LogP contribution >= 0.6 is 0 Å². The average Bonchev–Trinajstić information content (AvgIpc) is 2.44. The van der Waals surface area contributed by atoms with Crippen LogP contribution in [0.2, 0.25) is 0 Å². The van der Waals surface area contributed by atoms with Gasteiger partial charge in [0.2, 0.25) is 5.91 Å². The van der Waals surface area contributed by atoms with Crippen molar-refractivity contribution >= 4 is 17.6 Å². The first kappa shape index (κ1) is 17.0. The van der Waals surface area contributed by atoms with E-state index in [4.69, 9.17) is 10.5 Å². The summed E-state index contributed by atoms with van der Waals surface area (Å²) >= 11 is 0. The van der Waals surface area contributed by atoms with Gasteiger partial charge in [-0.1, -0.05) is 32.9 Å². The number of esters is 1. The van der Waals surface area contributed by atoms with E-state index in [1.807, 2.05) is 45.0 Å². The number of nitrogens with two attached hydrogens (primary N) is 1. The molecule has 1 aromatic carbocycles. The Kier molecular flexibility index (Phi) is 6.21. The zero-order chi connectivity index (χ0) is 16.0.